The molecule has 0 heterocycles. The summed E-state index contributed by atoms with van der Waals surface area (Å²) in [5.74, 6) is 0.612. The lowest BCUT2D eigenvalue weighted by atomic mass is 10.1. The fourth-order valence-corrected chi connectivity index (χ4v) is 1.58. The maximum Gasteiger partial charge on any atom is 0.136 e. The van der Waals surface area contributed by atoms with Gasteiger partial charge in [0.1, 0.15) is 11.4 Å². The Morgan fingerprint density at radius 1 is 1.50 bits per heavy atom. The van der Waals surface area contributed by atoms with E-state index in [1.165, 1.54) is 7.11 Å². The maximum absolute atomic E-state index is 13.7. The van der Waals surface area contributed by atoms with Crippen molar-refractivity contribution in [2.24, 2.45) is 0 Å². The van der Waals surface area contributed by atoms with Gasteiger partial charge in [0.15, 0.2) is 0 Å². The van der Waals surface area contributed by atoms with Crippen molar-refractivity contribution >= 4 is 0 Å². The molecule has 0 bridgehead atoms. The van der Waals surface area contributed by atoms with Gasteiger partial charge in [-0.3, -0.25) is 0 Å². The van der Waals surface area contributed by atoms with Crippen molar-refractivity contribution in [3.63, 3.8) is 0 Å². The summed E-state index contributed by atoms with van der Waals surface area (Å²) >= 11 is 0. The molecule has 1 aliphatic carbocycles. The average molecular weight is 196 g/mol. The summed E-state index contributed by atoms with van der Waals surface area (Å²) in [6.07, 6.45) is 1.17. The number of rotatable bonds is 3. The van der Waals surface area contributed by atoms with Crippen LogP contribution in [0.3, 0.4) is 0 Å². The normalized spacial score (nSPS) is 17.9. The fourth-order valence-electron chi connectivity index (χ4n) is 1.58. The highest BCUT2D eigenvalue weighted by Gasteiger charge is 2.45. The zero-order valence-electron chi connectivity index (χ0n) is 8.09. The first-order valence-electron chi connectivity index (χ1n) is 4.67. The lowest BCUT2D eigenvalue weighted by molar-refractivity contribution is 0.272. The molecule has 0 spiro atoms. The quantitative estimate of drug-likeness (QED) is 0.802. The largest absolute Gasteiger partial charge is 0.496 e. The third kappa shape index (κ3) is 1.48. The van der Waals surface area contributed by atoms with E-state index in [0.29, 0.717) is 29.7 Å². The molecule has 2 nitrogen and oxygen atoms in total. The van der Waals surface area contributed by atoms with E-state index in [9.17, 15) is 4.39 Å². The summed E-state index contributed by atoms with van der Waals surface area (Å²) in [5, 5.41) is 9.06. The Morgan fingerprint density at radius 3 is 2.71 bits per heavy atom. The molecule has 1 fully saturated rings. The zero-order valence-corrected chi connectivity index (χ0v) is 8.09. The predicted molar refractivity (Wildman–Crippen MR) is 50.9 cm³/mol. The molecule has 3 heteroatoms. The van der Waals surface area contributed by atoms with E-state index in [1.807, 2.05) is 0 Å². The molecule has 0 aliphatic heterocycles. The number of ether oxygens (including phenoxy) is 1. The number of aliphatic hydroxyl groups is 1. The van der Waals surface area contributed by atoms with Crippen LogP contribution in [0.5, 0.6) is 5.75 Å². The Balaban J connectivity index is 2.36. The topological polar surface area (TPSA) is 29.5 Å². The van der Waals surface area contributed by atoms with Crippen LogP contribution in [0.2, 0.25) is 0 Å². The van der Waals surface area contributed by atoms with Crippen molar-refractivity contribution in [1.29, 1.82) is 0 Å². The Kier molecular flexibility index (Phi) is 2.19. The number of benzene rings is 1. The van der Waals surface area contributed by atoms with E-state index < -0.39 is 5.67 Å². The monoisotopic (exact) mass is 196 g/mol. The van der Waals surface area contributed by atoms with E-state index in [0.717, 1.165) is 0 Å². The highest BCUT2D eigenvalue weighted by atomic mass is 19.1. The van der Waals surface area contributed by atoms with Crippen LogP contribution in [0.1, 0.15) is 24.0 Å². The lowest BCUT2D eigenvalue weighted by Gasteiger charge is -2.10. The lowest BCUT2D eigenvalue weighted by Crippen LogP contribution is -2.00. The van der Waals surface area contributed by atoms with Crippen LogP contribution in [0.15, 0.2) is 18.2 Å². The number of alkyl halides is 1. The fraction of sp³-hybridized carbons (Fsp3) is 0.455. The summed E-state index contributed by atoms with van der Waals surface area (Å²) < 4.78 is 18.7. The molecule has 0 unspecified atom stereocenters. The van der Waals surface area contributed by atoms with E-state index in [1.54, 1.807) is 18.2 Å². The molecule has 1 aromatic carbocycles. The molecular weight excluding hydrogens is 183 g/mol. The van der Waals surface area contributed by atoms with Crippen LogP contribution in [-0.2, 0) is 12.3 Å². The van der Waals surface area contributed by atoms with Gasteiger partial charge in [0.25, 0.3) is 0 Å². The Hall–Kier alpha value is -1.09. The van der Waals surface area contributed by atoms with E-state index in [2.05, 4.69) is 0 Å². The number of hydrogen-bond acceptors (Lipinski definition) is 2. The SMILES string of the molecule is COc1ccc(C2(F)CC2)cc1CO. The molecule has 1 aliphatic rings. The predicted octanol–water partition coefficient (Wildman–Crippen LogP) is 2.15. The van der Waals surface area contributed by atoms with Crippen LogP contribution >= 0.6 is 0 Å². The smallest absolute Gasteiger partial charge is 0.136 e. The molecule has 0 aromatic heterocycles. The first-order valence-corrected chi connectivity index (χ1v) is 4.67. The Labute approximate surface area is 82.3 Å². The Morgan fingerprint density at radius 2 is 2.21 bits per heavy atom. The van der Waals surface area contributed by atoms with Crippen molar-refractivity contribution in [3.05, 3.63) is 29.3 Å². The molecule has 1 aromatic rings. The Bertz CT molecular complexity index is 345. The minimum Gasteiger partial charge on any atom is -0.496 e. The van der Waals surface area contributed by atoms with Crippen molar-refractivity contribution in [2.45, 2.75) is 25.1 Å². The van der Waals surface area contributed by atoms with Gasteiger partial charge in [-0.05, 0) is 30.5 Å². The molecule has 14 heavy (non-hydrogen) atoms. The zero-order chi connectivity index (χ0) is 10.2. The molecule has 1 saturated carbocycles. The second-order valence-electron chi connectivity index (χ2n) is 3.65. The highest BCUT2D eigenvalue weighted by molar-refractivity contribution is 5.40. The third-order valence-electron chi connectivity index (χ3n) is 2.66. The number of hydrogen-bond donors (Lipinski definition) is 1. The molecule has 0 atom stereocenters. The first-order chi connectivity index (χ1) is 6.69. The summed E-state index contributed by atoms with van der Waals surface area (Å²) in [5.41, 5.74) is 0.159. The van der Waals surface area contributed by atoms with Gasteiger partial charge in [-0.2, -0.15) is 0 Å². The van der Waals surface area contributed by atoms with Crippen LogP contribution in [-0.4, -0.2) is 12.2 Å². The summed E-state index contributed by atoms with van der Waals surface area (Å²) in [7, 11) is 1.54. The number of halogens is 1. The van der Waals surface area contributed by atoms with E-state index in [-0.39, 0.29) is 6.61 Å². The summed E-state index contributed by atoms with van der Waals surface area (Å²) in [6, 6.07) is 5.12. The molecule has 0 saturated heterocycles. The van der Waals surface area contributed by atoms with Gasteiger partial charge in [0, 0.05) is 5.56 Å². The van der Waals surface area contributed by atoms with Gasteiger partial charge < -0.3 is 9.84 Å². The average Bonchev–Trinajstić information content (AvgIpc) is 2.97. The number of methoxy groups -OCH3 is 1. The minimum atomic E-state index is -1.14. The van der Waals surface area contributed by atoms with Crippen LogP contribution in [0.4, 0.5) is 4.39 Å². The molecule has 1 N–H and O–H groups in total. The van der Waals surface area contributed by atoms with Crippen LogP contribution in [0, 0.1) is 0 Å². The molecular formula is C11H13FO2. The second kappa shape index (κ2) is 3.24. The van der Waals surface area contributed by atoms with Crippen molar-refractivity contribution in [1.82, 2.24) is 0 Å². The van der Waals surface area contributed by atoms with E-state index in [4.69, 9.17) is 9.84 Å². The first kappa shape index (κ1) is 9.46. The van der Waals surface area contributed by atoms with Gasteiger partial charge in [-0.25, -0.2) is 4.39 Å². The summed E-state index contributed by atoms with van der Waals surface area (Å²) in [4.78, 5) is 0. The standard InChI is InChI=1S/C11H13FO2/c1-14-10-3-2-9(6-8(10)7-13)11(12)4-5-11/h2-3,6,13H,4-5,7H2,1H3. The van der Waals surface area contributed by atoms with Gasteiger partial charge in [0.2, 0.25) is 0 Å². The second-order valence-corrected chi connectivity index (χ2v) is 3.65. The molecule has 76 valence electrons. The van der Waals surface area contributed by atoms with Crippen LogP contribution in [0.25, 0.3) is 0 Å². The minimum absolute atomic E-state index is 0.118. The van der Waals surface area contributed by atoms with Crippen molar-refractivity contribution < 1.29 is 14.2 Å². The van der Waals surface area contributed by atoms with Crippen LogP contribution < -0.4 is 4.74 Å². The summed E-state index contributed by atoms with van der Waals surface area (Å²) in [6.45, 7) is -0.118. The van der Waals surface area contributed by atoms with Gasteiger partial charge in [-0.1, -0.05) is 6.07 Å². The third-order valence-corrected chi connectivity index (χ3v) is 2.66. The highest BCUT2D eigenvalue weighted by Crippen LogP contribution is 2.50. The molecule has 0 radical (unpaired) electrons. The molecule has 2 rings (SSSR count). The van der Waals surface area contributed by atoms with Crippen molar-refractivity contribution in [3.8, 4) is 5.75 Å². The van der Waals surface area contributed by atoms with Gasteiger partial charge in [0.05, 0.1) is 13.7 Å². The van der Waals surface area contributed by atoms with Gasteiger partial charge >= 0.3 is 0 Å². The van der Waals surface area contributed by atoms with Crippen molar-refractivity contribution in [2.75, 3.05) is 7.11 Å². The number of aliphatic hydroxyl groups excluding tert-OH is 1. The molecule has 0 amide bonds. The maximum atomic E-state index is 13.7. The van der Waals surface area contributed by atoms with Gasteiger partial charge in [-0.15, -0.1) is 0 Å². The van der Waals surface area contributed by atoms with E-state index >= 15 is 0 Å².